The van der Waals surface area contributed by atoms with Crippen molar-refractivity contribution in [3.63, 3.8) is 0 Å². The minimum atomic E-state index is -0.479. The van der Waals surface area contributed by atoms with E-state index in [4.69, 9.17) is 9.47 Å². The lowest BCUT2D eigenvalue weighted by molar-refractivity contribution is -0.142. The number of halogens is 1. The van der Waals surface area contributed by atoms with Crippen LogP contribution in [0, 0.1) is 6.92 Å². The Morgan fingerprint density at radius 2 is 1.92 bits per heavy atom. The predicted molar refractivity (Wildman–Crippen MR) is 95.8 cm³/mol. The smallest absolute Gasteiger partial charge is 0.343 e. The molecule has 0 aromatic heterocycles. The Balaban J connectivity index is 1.86. The van der Waals surface area contributed by atoms with Crippen LogP contribution < -0.4 is 9.47 Å². The first-order chi connectivity index (χ1) is 12.0. The lowest BCUT2D eigenvalue weighted by Gasteiger charge is -2.10. The number of carbonyl (C=O) groups is 2. The Kier molecular flexibility index (Phi) is 4.90. The second kappa shape index (κ2) is 7.11. The van der Waals surface area contributed by atoms with Crippen LogP contribution in [0.2, 0.25) is 0 Å². The highest BCUT2D eigenvalue weighted by atomic mass is 79.9. The fourth-order valence-electron chi connectivity index (χ4n) is 2.43. The Hall–Kier alpha value is -2.60. The maximum atomic E-state index is 12.5. The highest BCUT2D eigenvalue weighted by Gasteiger charge is 2.30. The molecule has 1 heterocycles. The number of ketones is 1. The zero-order valence-electron chi connectivity index (χ0n) is 13.7. The predicted octanol–water partition coefficient (Wildman–Crippen LogP) is 3.93. The van der Waals surface area contributed by atoms with E-state index in [0.717, 1.165) is 10.0 Å². The van der Waals surface area contributed by atoms with E-state index < -0.39 is 5.97 Å². The van der Waals surface area contributed by atoms with Crippen molar-refractivity contribution < 1.29 is 23.8 Å². The average Bonchev–Trinajstić information content (AvgIpc) is 2.93. The molecule has 2 aromatic rings. The average molecular weight is 403 g/mol. The van der Waals surface area contributed by atoms with Crippen LogP contribution in [0.5, 0.6) is 11.5 Å². The van der Waals surface area contributed by atoms with E-state index in [9.17, 15) is 9.59 Å². The summed E-state index contributed by atoms with van der Waals surface area (Å²) in [5.41, 5.74) is 2.00. The van der Waals surface area contributed by atoms with Crippen LogP contribution in [0.1, 0.15) is 21.5 Å². The number of ether oxygens (including phenoxy) is 3. The summed E-state index contributed by atoms with van der Waals surface area (Å²) in [4.78, 5) is 23.7. The third-order valence-electron chi connectivity index (χ3n) is 3.78. The van der Waals surface area contributed by atoms with Gasteiger partial charge in [-0.05, 0) is 42.8 Å². The van der Waals surface area contributed by atoms with Crippen molar-refractivity contribution in [2.75, 3.05) is 13.7 Å². The minimum Gasteiger partial charge on any atom is -0.481 e. The molecule has 0 saturated carbocycles. The number of methoxy groups -OCH3 is 1. The van der Waals surface area contributed by atoms with Crippen LogP contribution in [-0.4, -0.2) is 25.5 Å². The molecule has 0 amide bonds. The van der Waals surface area contributed by atoms with Gasteiger partial charge in [-0.2, -0.15) is 0 Å². The summed E-state index contributed by atoms with van der Waals surface area (Å²) in [6.45, 7) is 1.58. The summed E-state index contributed by atoms with van der Waals surface area (Å²) >= 11 is 3.38. The maximum Gasteiger partial charge on any atom is 0.343 e. The van der Waals surface area contributed by atoms with Crippen molar-refractivity contribution in [2.45, 2.75) is 6.92 Å². The number of fused-ring (bicyclic) bond motifs is 1. The fraction of sp³-hybridized carbons (Fsp3) is 0.158. The molecular weight excluding hydrogens is 388 g/mol. The molecule has 3 rings (SSSR count). The summed E-state index contributed by atoms with van der Waals surface area (Å²) in [6.07, 6.45) is 1.70. The molecule has 0 aliphatic carbocycles. The number of rotatable bonds is 4. The van der Waals surface area contributed by atoms with Gasteiger partial charge in [-0.1, -0.05) is 28.1 Å². The van der Waals surface area contributed by atoms with E-state index in [2.05, 4.69) is 20.7 Å². The summed E-state index contributed by atoms with van der Waals surface area (Å²) in [5.74, 6) is 0.524. The monoisotopic (exact) mass is 402 g/mol. The van der Waals surface area contributed by atoms with Gasteiger partial charge in [0, 0.05) is 10.0 Å². The van der Waals surface area contributed by atoms with Crippen LogP contribution in [0.3, 0.4) is 0 Å². The highest BCUT2D eigenvalue weighted by molar-refractivity contribution is 9.10. The second-order valence-corrected chi connectivity index (χ2v) is 6.34. The number of allylic oxidation sites excluding steroid dienone is 1. The molecule has 1 aliphatic heterocycles. The van der Waals surface area contributed by atoms with Gasteiger partial charge in [-0.15, -0.1) is 0 Å². The minimum absolute atomic E-state index is 0.180. The van der Waals surface area contributed by atoms with Gasteiger partial charge in [0.15, 0.2) is 12.4 Å². The normalized spacial score (nSPS) is 14.2. The third-order valence-corrected chi connectivity index (χ3v) is 4.31. The zero-order chi connectivity index (χ0) is 18.0. The Morgan fingerprint density at radius 3 is 2.60 bits per heavy atom. The molecular formula is C19H15BrO5. The molecule has 0 N–H and O–H groups in total. The standard InChI is InChI=1S/C19H15BrO5/c1-11-15(24-10-17(21)23-2)8-7-14-18(22)16(25-19(11)14)9-12-3-5-13(20)6-4-12/h3-9H,10H2,1-2H3/b16-9-. The van der Waals surface area contributed by atoms with Gasteiger partial charge < -0.3 is 14.2 Å². The van der Waals surface area contributed by atoms with Crippen LogP contribution in [-0.2, 0) is 9.53 Å². The Bertz CT molecular complexity index is 868. The van der Waals surface area contributed by atoms with Crippen molar-refractivity contribution in [1.29, 1.82) is 0 Å². The molecule has 0 fully saturated rings. The first-order valence-electron chi connectivity index (χ1n) is 7.52. The number of hydrogen-bond acceptors (Lipinski definition) is 5. The van der Waals surface area contributed by atoms with Gasteiger partial charge in [0.25, 0.3) is 0 Å². The van der Waals surface area contributed by atoms with Gasteiger partial charge in [-0.25, -0.2) is 4.79 Å². The quantitative estimate of drug-likeness (QED) is 0.572. The van der Waals surface area contributed by atoms with Crippen molar-refractivity contribution in [3.05, 3.63) is 63.3 Å². The highest BCUT2D eigenvalue weighted by Crippen LogP contribution is 2.39. The molecule has 5 nitrogen and oxygen atoms in total. The molecule has 0 spiro atoms. The molecule has 6 heteroatoms. The molecule has 128 valence electrons. The van der Waals surface area contributed by atoms with Gasteiger partial charge in [-0.3, -0.25) is 4.79 Å². The van der Waals surface area contributed by atoms with Crippen LogP contribution in [0.15, 0.2) is 46.6 Å². The zero-order valence-corrected chi connectivity index (χ0v) is 15.3. The number of Topliss-reactive ketones (excluding diaryl/α,β-unsaturated/α-hetero) is 1. The van der Waals surface area contributed by atoms with Gasteiger partial charge in [0.2, 0.25) is 5.78 Å². The van der Waals surface area contributed by atoms with Crippen LogP contribution >= 0.6 is 15.9 Å². The number of benzene rings is 2. The Morgan fingerprint density at radius 1 is 1.20 bits per heavy atom. The van der Waals surface area contributed by atoms with Gasteiger partial charge in [0.05, 0.1) is 12.7 Å². The lowest BCUT2D eigenvalue weighted by atomic mass is 10.1. The summed E-state index contributed by atoms with van der Waals surface area (Å²) in [5, 5.41) is 0. The molecule has 0 unspecified atom stereocenters. The van der Waals surface area contributed by atoms with Crippen molar-refractivity contribution in [1.82, 2.24) is 0 Å². The van der Waals surface area contributed by atoms with Crippen LogP contribution in [0.25, 0.3) is 6.08 Å². The van der Waals surface area contributed by atoms with Crippen LogP contribution in [0.4, 0.5) is 0 Å². The summed E-state index contributed by atoms with van der Waals surface area (Å²) < 4.78 is 16.7. The van der Waals surface area contributed by atoms with E-state index in [1.807, 2.05) is 24.3 Å². The van der Waals surface area contributed by atoms with Gasteiger partial charge >= 0.3 is 5.97 Å². The number of esters is 1. The van der Waals surface area contributed by atoms with Crippen molar-refractivity contribution in [3.8, 4) is 11.5 Å². The summed E-state index contributed by atoms with van der Waals surface area (Å²) in [7, 11) is 1.29. The van der Waals surface area contributed by atoms with E-state index in [-0.39, 0.29) is 18.1 Å². The van der Waals surface area contributed by atoms with E-state index in [0.29, 0.717) is 22.6 Å². The summed E-state index contributed by atoms with van der Waals surface area (Å²) in [6, 6.07) is 10.8. The molecule has 2 aromatic carbocycles. The fourth-order valence-corrected chi connectivity index (χ4v) is 2.69. The largest absolute Gasteiger partial charge is 0.481 e. The molecule has 25 heavy (non-hydrogen) atoms. The topological polar surface area (TPSA) is 61.8 Å². The van der Waals surface area contributed by atoms with Crippen molar-refractivity contribution >= 4 is 33.8 Å². The first-order valence-corrected chi connectivity index (χ1v) is 8.32. The van der Waals surface area contributed by atoms with Gasteiger partial charge in [0.1, 0.15) is 11.5 Å². The maximum absolute atomic E-state index is 12.5. The molecule has 0 atom stereocenters. The SMILES string of the molecule is COC(=O)COc1ccc2c(c1C)O/C(=C\c1ccc(Br)cc1)C2=O. The Labute approximate surface area is 153 Å². The van der Waals surface area contributed by atoms with E-state index in [1.54, 1.807) is 25.1 Å². The first kappa shape index (κ1) is 17.2. The number of hydrogen-bond donors (Lipinski definition) is 0. The van der Waals surface area contributed by atoms with E-state index in [1.165, 1.54) is 7.11 Å². The third kappa shape index (κ3) is 3.58. The molecule has 0 saturated heterocycles. The lowest BCUT2D eigenvalue weighted by Crippen LogP contribution is -2.13. The van der Waals surface area contributed by atoms with Crippen molar-refractivity contribution in [2.24, 2.45) is 0 Å². The molecule has 1 aliphatic rings. The molecule has 0 bridgehead atoms. The molecule has 0 radical (unpaired) electrons. The number of carbonyl (C=O) groups excluding carboxylic acids is 2. The second-order valence-electron chi connectivity index (χ2n) is 5.42. The van der Waals surface area contributed by atoms with E-state index >= 15 is 0 Å².